The highest BCUT2D eigenvalue weighted by Crippen LogP contribution is 2.16. The summed E-state index contributed by atoms with van der Waals surface area (Å²) in [6.07, 6.45) is 0.397. The van der Waals surface area contributed by atoms with E-state index in [0.717, 1.165) is 6.26 Å². The van der Waals surface area contributed by atoms with E-state index in [1.54, 1.807) is 31.2 Å². The minimum Gasteiger partial charge on any atom is -0.479 e. The predicted octanol–water partition coefficient (Wildman–Crippen LogP) is 2.79. The quantitative estimate of drug-likeness (QED) is 0.585. The van der Waals surface area contributed by atoms with E-state index in [2.05, 4.69) is 11.3 Å². The maximum Gasteiger partial charge on any atom is 0.351 e. The molecule has 0 aliphatic rings. The standard InChI is InChI=1S/C11H11ClO3/c1-3-14-11(13)8(2)15-10-6-4-9(12)5-7-10/h3-8H,1H2,2H3. The molecule has 1 rings (SSSR count). The molecular weight excluding hydrogens is 216 g/mol. The number of carbonyl (C=O) groups excluding carboxylic acids is 1. The van der Waals surface area contributed by atoms with Crippen molar-refractivity contribution in [3.05, 3.63) is 42.1 Å². The van der Waals surface area contributed by atoms with Gasteiger partial charge in [-0.2, -0.15) is 0 Å². The molecule has 0 saturated carbocycles. The van der Waals surface area contributed by atoms with E-state index in [4.69, 9.17) is 16.3 Å². The van der Waals surface area contributed by atoms with Crippen LogP contribution in [0.2, 0.25) is 5.02 Å². The lowest BCUT2D eigenvalue weighted by Crippen LogP contribution is -2.24. The smallest absolute Gasteiger partial charge is 0.351 e. The van der Waals surface area contributed by atoms with E-state index < -0.39 is 12.1 Å². The Morgan fingerprint density at radius 3 is 2.60 bits per heavy atom. The second-order valence-corrected chi connectivity index (χ2v) is 3.25. The Hall–Kier alpha value is -1.48. The number of ether oxygens (including phenoxy) is 2. The van der Waals surface area contributed by atoms with Gasteiger partial charge in [-0.05, 0) is 31.2 Å². The maximum absolute atomic E-state index is 11.2. The normalized spacial score (nSPS) is 11.6. The molecular formula is C11H11ClO3. The van der Waals surface area contributed by atoms with E-state index in [9.17, 15) is 4.79 Å². The molecule has 80 valence electrons. The maximum atomic E-state index is 11.2. The molecule has 1 atom stereocenters. The summed E-state index contributed by atoms with van der Waals surface area (Å²) < 4.78 is 9.88. The molecule has 1 aromatic carbocycles. The predicted molar refractivity (Wildman–Crippen MR) is 57.8 cm³/mol. The van der Waals surface area contributed by atoms with Crippen LogP contribution in [-0.2, 0) is 9.53 Å². The SMILES string of the molecule is C=COC(=O)C(C)Oc1ccc(Cl)cc1. The van der Waals surface area contributed by atoms with Crippen molar-refractivity contribution in [3.8, 4) is 5.75 Å². The summed E-state index contributed by atoms with van der Waals surface area (Å²) in [5.74, 6) is 0.0767. The molecule has 0 N–H and O–H groups in total. The molecule has 1 unspecified atom stereocenters. The van der Waals surface area contributed by atoms with Crippen molar-refractivity contribution in [2.45, 2.75) is 13.0 Å². The van der Waals surface area contributed by atoms with Crippen LogP contribution >= 0.6 is 11.6 Å². The van der Waals surface area contributed by atoms with Gasteiger partial charge in [-0.3, -0.25) is 0 Å². The van der Waals surface area contributed by atoms with Crippen LogP contribution in [-0.4, -0.2) is 12.1 Å². The van der Waals surface area contributed by atoms with Crippen molar-refractivity contribution in [1.29, 1.82) is 0 Å². The number of rotatable bonds is 4. The van der Waals surface area contributed by atoms with Crippen LogP contribution in [0.4, 0.5) is 0 Å². The van der Waals surface area contributed by atoms with Crippen LogP contribution in [0.3, 0.4) is 0 Å². The van der Waals surface area contributed by atoms with Gasteiger partial charge in [0.1, 0.15) is 5.75 Å². The van der Waals surface area contributed by atoms with E-state index in [0.29, 0.717) is 10.8 Å². The molecule has 0 amide bonds. The van der Waals surface area contributed by atoms with E-state index >= 15 is 0 Å². The number of benzene rings is 1. The zero-order valence-electron chi connectivity index (χ0n) is 8.27. The van der Waals surface area contributed by atoms with Crippen LogP contribution in [0.25, 0.3) is 0 Å². The lowest BCUT2D eigenvalue weighted by Gasteiger charge is -2.11. The molecule has 0 saturated heterocycles. The van der Waals surface area contributed by atoms with Crippen molar-refractivity contribution in [1.82, 2.24) is 0 Å². The Morgan fingerprint density at radius 2 is 2.07 bits per heavy atom. The van der Waals surface area contributed by atoms with Crippen LogP contribution < -0.4 is 4.74 Å². The van der Waals surface area contributed by atoms with Crippen LogP contribution in [0.15, 0.2) is 37.1 Å². The highest BCUT2D eigenvalue weighted by molar-refractivity contribution is 6.30. The number of hydrogen-bond donors (Lipinski definition) is 0. The van der Waals surface area contributed by atoms with E-state index in [1.165, 1.54) is 0 Å². The summed E-state index contributed by atoms with van der Waals surface area (Å²) in [5, 5.41) is 0.615. The van der Waals surface area contributed by atoms with Crippen LogP contribution in [0, 0.1) is 0 Å². The third kappa shape index (κ3) is 3.64. The van der Waals surface area contributed by atoms with Gasteiger partial charge in [0.05, 0.1) is 6.26 Å². The summed E-state index contributed by atoms with van der Waals surface area (Å²) in [4.78, 5) is 11.2. The first-order chi connectivity index (χ1) is 7.13. The Kier molecular flexibility index (Phi) is 4.18. The number of halogens is 1. The number of esters is 1. The van der Waals surface area contributed by atoms with Gasteiger partial charge in [-0.1, -0.05) is 18.2 Å². The van der Waals surface area contributed by atoms with Crippen molar-refractivity contribution in [2.75, 3.05) is 0 Å². The van der Waals surface area contributed by atoms with Gasteiger partial charge in [0.25, 0.3) is 0 Å². The minimum absolute atomic E-state index is 0.486. The third-order valence-electron chi connectivity index (χ3n) is 1.66. The molecule has 0 fully saturated rings. The summed E-state index contributed by atoms with van der Waals surface area (Å²) >= 11 is 5.70. The van der Waals surface area contributed by atoms with Gasteiger partial charge in [0.2, 0.25) is 0 Å². The van der Waals surface area contributed by atoms with Crippen molar-refractivity contribution < 1.29 is 14.3 Å². The van der Waals surface area contributed by atoms with E-state index in [1.807, 2.05) is 0 Å². The summed E-state index contributed by atoms with van der Waals surface area (Å²) in [6.45, 7) is 4.88. The van der Waals surface area contributed by atoms with Crippen molar-refractivity contribution in [2.24, 2.45) is 0 Å². The topological polar surface area (TPSA) is 35.5 Å². The fraction of sp³-hybridized carbons (Fsp3) is 0.182. The van der Waals surface area contributed by atoms with Gasteiger partial charge < -0.3 is 9.47 Å². The Balaban J connectivity index is 2.57. The molecule has 1 aromatic rings. The zero-order valence-corrected chi connectivity index (χ0v) is 9.03. The fourth-order valence-corrected chi connectivity index (χ4v) is 1.07. The second-order valence-electron chi connectivity index (χ2n) is 2.82. The fourth-order valence-electron chi connectivity index (χ4n) is 0.943. The van der Waals surface area contributed by atoms with Gasteiger partial charge in [0, 0.05) is 5.02 Å². The molecule has 0 radical (unpaired) electrons. The molecule has 15 heavy (non-hydrogen) atoms. The minimum atomic E-state index is -0.677. The molecule has 4 heteroatoms. The number of carbonyl (C=O) groups is 1. The Morgan fingerprint density at radius 1 is 1.47 bits per heavy atom. The van der Waals surface area contributed by atoms with Gasteiger partial charge in [0.15, 0.2) is 6.10 Å². The average molecular weight is 227 g/mol. The van der Waals surface area contributed by atoms with Gasteiger partial charge in [-0.25, -0.2) is 4.79 Å². The summed E-state index contributed by atoms with van der Waals surface area (Å²) in [7, 11) is 0. The molecule has 0 spiro atoms. The Labute approximate surface area is 93.3 Å². The van der Waals surface area contributed by atoms with Crippen LogP contribution in [0.5, 0.6) is 5.75 Å². The summed E-state index contributed by atoms with van der Waals surface area (Å²) in [5.41, 5.74) is 0. The second kappa shape index (κ2) is 5.41. The molecule has 0 aromatic heterocycles. The lowest BCUT2D eigenvalue weighted by atomic mass is 10.3. The molecule has 3 nitrogen and oxygen atoms in total. The Bertz CT molecular complexity index is 345. The lowest BCUT2D eigenvalue weighted by molar-refractivity contribution is -0.145. The average Bonchev–Trinajstić information content (AvgIpc) is 2.22. The zero-order chi connectivity index (χ0) is 11.3. The first-order valence-corrected chi connectivity index (χ1v) is 4.75. The summed E-state index contributed by atoms with van der Waals surface area (Å²) in [6, 6.07) is 6.73. The monoisotopic (exact) mass is 226 g/mol. The molecule has 0 bridgehead atoms. The largest absolute Gasteiger partial charge is 0.479 e. The first kappa shape index (κ1) is 11.6. The first-order valence-electron chi connectivity index (χ1n) is 4.37. The highest BCUT2D eigenvalue weighted by Gasteiger charge is 2.14. The number of hydrogen-bond acceptors (Lipinski definition) is 3. The molecule has 0 aliphatic carbocycles. The van der Waals surface area contributed by atoms with Crippen molar-refractivity contribution in [3.63, 3.8) is 0 Å². The van der Waals surface area contributed by atoms with Gasteiger partial charge >= 0.3 is 5.97 Å². The highest BCUT2D eigenvalue weighted by atomic mass is 35.5. The third-order valence-corrected chi connectivity index (χ3v) is 1.91. The molecule has 0 heterocycles. The van der Waals surface area contributed by atoms with Gasteiger partial charge in [-0.15, -0.1) is 0 Å². The van der Waals surface area contributed by atoms with Crippen LogP contribution in [0.1, 0.15) is 6.92 Å². The van der Waals surface area contributed by atoms with E-state index in [-0.39, 0.29) is 0 Å². The molecule has 0 aliphatic heterocycles. The van der Waals surface area contributed by atoms with Crippen molar-refractivity contribution >= 4 is 17.6 Å².